The van der Waals surface area contributed by atoms with Crippen LogP contribution >= 0.6 is 38.9 Å². The van der Waals surface area contributed by atoms with E-state index in [0.29, 0.717) is 0 Å². The summed E-state index contributed by atoms with van der Waals surface area (Å²) in [4.78, 5) is 4.05. The zero-order valence-corrected chi connectivity index (χ0v) is 12.7. The molecular formula is C12H16BrClN2S. The topological polar surface area (TPSA) is 15.3 Å². The Morgan fingerprint density at radius 2 is 2.24 bits per heavy atom. The Hall–Kier alpha value is 0.390. The van der Waals surface area contributed by atoms with Crippen LogP contribution in [0.5, 0.6) is 0 Å². The van der Waals surface area contributed by atoms with Crippen molar-refractivity contribution in [3.8, 4) is 0 Å². The van der Waals surface area contributed by atoms with Gasteiger partial charge >= 0.3 is 0 Å². The maximum atomic E-state index is 6.11. The first kappa shape index (κ1) is 12.4. The average Bonchev–Trinajstić information content (AvgIpc) is 2.89. The van der Waals surface area contributed by atoms with Crippen molar-refractivity contribution in [3.63, 3.8) is 0 Å². The summed E-state index contributed by atoms with van der Waals surface area (Å²) in [6.45, 7) is 3.38. The molecule has 5 heteroatoms. The molecule has 1 saturated carbocycles. The van der Waals surface area contributed by atoms with Gasteiger partial charge in [-0.3, -0.25) is 4.90 Å². The van der Waals surface area contributed by atoms with Gasteiger partial charge in [0.25, 0.3) is 0 Å². The molecule has 1 aliphatic carbocycles. The molecule has 0 aromatic carbocycles. The predicted molar refractivity (Wildman–Crippen MR) is 76.9 cm³/mol. The highest BCUT2D eigenvalue weighted by molar-refractivity contribution is 9.10. The molecule has 1 atom stereocenters. The van der Waals surface area contributed by atoms with Crippen LogP contribution in [-0.4, -0.2) is 30.1 Å². The third-order valence-corrected chi connectivity index (χ3v) is 6.01. The fourth-order valence-electron chi connectivity index (χ4n) is 2.53. The van der Waals surface area contributed by atoms with E-state index in [1.54, 1.807) is 11.3 Å². The molecule has 94 valence electrons. The predicted octanol–water partition coefficient (Wildman–Crippen LogP) is 3.49. The van der Waals surface area contributed by atoms with Crippen molar-refractivity contribution >= 4 is 38.9 Å². The van der Waals surface area contributed by atoms with E-state index in [2.05, 4.69) is 32.2 Å². The molecule has 1 aromatic heterocycles. The standard InChI is InChI=1S/C12H16BrClN2S/c13-11-5-10(17-12(11)14)7-16(8-1-2-8)9-3-4-15-6-9/h5,8-9,15H,1-4,6-7H2. The van der Waals surface area contributed by atoms with E-state index in [4.69, 9.17) is 11.6 Å². The minimum Gasteiger partial charge on any atom is -0.315 e. The van der Waals surface area contributed by atoms with Gasteiger partial charge in [0.2, 0.25) is 0 Å². The van der Waals surface area contributed by atoms with Gasteiger partial charge in [-0.1, -0.05) is 11.6 Å². The molecule has 1 aromatic rings. The second kappa shape index (κ2) is 5.17. The summed E-state index contributed by atoms with van der Waals surface area (Å²) in [6.07, 6.45) is 4.03. The maximum absolute atomic E-state index is 6.11. The van der Waals surface area contributed by atoms with Crippen molar-refractivity contribution in [2.24, 2.45) is 0 Å². The van der Waals surface area contributed by atoms with Gasteiger partial charge < -0.3 is 5.32 Å². The van der Waals surface area contributed by atoms with Crippen molar-refractivity contribution in [2.45, 2.75) is 37.9 Å². The van der Waals surface area contributed by atoms with E-state index in [-0.39, 0.29) is 0 Å². The molecule has 2 aliphatic rings. The Balaban J connectivity index is 1.71. The van der Waals surface area contributed by atoms with E-state index in [1.807, 2.05) is 0 Å². The number of thiophene rings is 1. The lowest BCUT2D eigenvalue weighted by molar-refractivity contribution is 0.190. The van der Waals surface area contributed by atoms with Crippen LogP contribution in [-0.2, 0) is 6.54 Å². The summed E-state index contributed by atoms with van der Waals surface area (Å²) in [7, 11) is 0. The Kier molecular flexibility index (Phi) is 3.78. The number of halogens is 2. The third kappa shape index (κ3) is 2.87. The monoisotopic (exact) mass is 334 g/mol. The van der Waals surface area contributed by atoms with Crippen LogP contribution in [0.15, 0.2) is 10.5 Å². The quantitative estimate of drug-likeness (QED) is 0.906. The molecule has 1 unspecified atom stereocenters. The van der Waals surface area contributed by atoms with Gasteiger partial charge in [-0.25, -0.2) is 0 Å². The molecule has 1 aliphatic heterocycles. The lowest BCUT2D eigenvalue weighted by Gasteiger charge is -2.27. The molecule has 0 bridgehead atoms. The van der Waals surface area contributed by atoms with Crippen molar-refractivity contribution in [2.75, 3.05) is 13.1 Å². The van der Waals surface area contributed by atoms with E-state index >= 15 is 0 Å². The molecule has 2 fully saturated rings. The summed E-state index contributed by atoms with van der Waals surface area (Å²) < 4.78 is 1.92. The zero-order chi connectivity index (χ0) is 11.8. The summed E-state index contributed by atoms with van der Waals surface area (Å²) in [5.41, 5.74) is 0. The van der Waals surface area contributed by atoms with Crippen molar-refractivity contribution < 1.29 is 0 Å². The van der Waals surface area contributed by atoms with Crippen LogP contribution in [0.2, 0.25) is 4.34 Å². The third-order valence-electron chi connectivity index (χ3n) is 3.55. The fraction of sp³-hybridized carbons (Fsp3) is 0.667. The lowest BCUT2D eigenvalue weighted by Crippen LogP contribution is -2.37. The highest BCUT2D eigenvalue weighted by Crippen LogP contribution is 2.36. The van der Waals surface area contributed by atoms with Gasteiger partial charge in [0.05, 0.1) is 0 Å². The number of nitrogens with zero attached hydrogens (tertiary/aromatic N) is 1. The van der Waals surface area contributed by atoms with Crippen LogP contribution in [0.4, 0.5) is 0 Å². The molecular weight excluding hydrogens is 320 g/mol. The van der Waals surface area contributed by atoms with Crippen LogP contribution in [0.25, 0.3) is 0 Å². The van der Waals surface area contributed by atoms with Gasteiger partial charge in [-0.15, -0.1) is 11.3 Å². The largest absolute Gasteiger partial charge is 0.315 e. The molecule has 2 heterocycles. The Morgan fingerprint density at radius 3 is 2.76 bits per heavy atom. The molecule has 2 nitrogen and oxygen atoms in total. The zero-order valence-electron chi connectivity index (χ0n) is 9.59. The van der Waals surface area contributed by atoms with E-state index in [9.17, 15) is 0 Å². The van der Waals surface area contributed by atoms with E-state index < -0.39 is 0 Å². The molecule has 0 spiro atoms. The first-order valence-corrected chi connectivity index (χ1v) is 8.13. The number of rotatable bonds is 4. The minimum atomic E-state index is 0.724. The molecule has 17 heavy (non-hydrogen) atoms. The maximum Gasteiger partial charge on any atom is 0.107 e. The van der Waals surface area contributed by atoms with Crippen molar-refractivity contribution in [1.82, 2.24) is 10.2 Å². The van der Waals surface area contributed by atoms with Gasteiger partial charge in [0.15, 0.2) is 0 Å². The van der Waals surface area contributed by atoms with Crippen LogP contribution in [0.3, 0.4) is 0 Å². The van der Waals surface area contributed by atoms with Gasteiger partial charge in [0.1, 0.15) is 4.34 Å². The number of hydrogen-bond donors (Lipinski definition) is 1. The first-order chi connectivity index (χ1) is 8.24. The first-order valence-electron chi connectivity index (χ1n) is 6.14. The highest BCUT2D eigenvalue weighted by Gasteiger charge is 2.35. The molecule has 1 saturated heterocycles. The Morgan fingerprint density at radius 1 is 1.41 bits per heavy atom. The molecule has 0 radical (unpaired) electrons. The Bertz CT molecular complexity index is 380. The average molecular weight is 336 g/mol. The second-order valence-electron chi connectivity index (χ2n) is 4.88. The van der Waals surface area contributed by atoms with Crippen molar-refractivity contribution in [1.29, 1.82) is 0 Å². The van der Waals surface area contributed by atoms with Gasteiger partial charge in [-0.2, -0.15) is 0 Å². The minimum absolute atomic E-state index is 0.724. The summed E-state index contributed by atoms with van der Waals surface area (Å²) >= 11 is 11.3. The molecule has 0 amide bonds. The lowest BCUT2D eigenvalue weighted by atomic mass is 10.2. The van der Waals surface area contributed by atoms with E-state index in [1.165, 1.54) is 30.7 Å². The smallest absolute Gasteiger partial charge is 0.107 e. The second-order valence-corrected chi connectivity index (χ2v) is 7.48. The van der Waals surface area contributed by atoms with Crippen LogP contribution < -0.4 is 5.32 Å². The summed E-state index contributed by atoms with van der Waals surface area (Å²) in [6, 6.07) is 3.71. The summed E-state index contributed by atoms with van der Waals surface area (Å²) in [5.74, 6) is 0. The highest BCUT2D eigenvalue weighted by atomic mass is 79.9. The van der Waals surface area contributed by atoms with Crippen LogP contribution in [0.1, 0.15) is 24.1 Å². The fourth-order valence-corrected chi connectivity index (χ4v) is 4.33. The van der Waals surface area contributed by atoms with Crippen LogP contribution in [0, 0.1) is 0 Å². The van der Waals surface area contributed by atoms with Gasteiger partial charge in [-0.05, 0) is 47.8 Å². The van der Waals surface area contributed by atoms with Crippen molar-refractivity contribution in [3.05, 3.63) is 19.8 Å². The number of nitrogens with one attached hydrogen (secondary N) is 1. The Labute approximate surface area is 119 Å². The van der Waals surface area contributed by atoms with E-state index in [0.717, 1.165) is 34.0 Å². The van der Waals surface area contributed by atoms with Gasteiger partial charge in [0, 0.05) is 34.5 Å². The molecule has 3 rings (SSSR count). The number of hydrogen-bond acceptors (Lipinski definition) is 3. The summed E-state index contributed by atoms with van der Waals surface area (Å²) in [5, 5.41) is 3.46. The SMILES string of the molecule is Clc1sc(CN(C2CC2)C2CCNC2)cc1Br. The molecule has 1 N–H and O–H groups in total. The normalized spacial score (nSPS) is 24.8.